The molecule has 2 aliphatic rings. The predicted octanol–water partition coefficient (Wildman–Crippen LogP) is 3.65. The first-order valence-electron chi connectivity index (χ1n) is 10.7. The van der Waals surface area contributed by atoms with E-state index in [-0.39, 0.29) is 0 Å². The summed E-state index contributed by atoms with van der Waals surface area (Å²) in [6.45, 7) is 19.9. The van der Waals surface area contributed by atoms with Gasteiger partial charge >= 0.3 is 0 Å². The van der Waals surface area contributed by atoms with E-state index >= 15 is 0 Å². The Labute approximate surface area is 156 Å². The van der Waals surface area contributed by atoms with Gasteiger partial charge in [-0.25, -0.2) is 0 Å². The quantitative estimate of drug-likeness (QED) is 0.664. The summed E-state index contributed by atoms with van der Waals surface area (Å²) in [4.78, 5) is 5.15. The fourth-order valence-corrected chi connectivity index (χ4v) is 4.69. The van der Waals surface area contributed by atoms with E-state index < -0.39 is 0 Å². The fourth-order valence-electron chi connectivity index (χ4n) is 4.69. The van der Waals surface area contributed by atoms with E-state index in [1.807, 2.05) is 0 Å². The molecule has 2 rings (SSSR count). The third kappa shape index (κ3) is 6.50. The molecule has 0 N–H and O–H groups in total. The lowest BCUT2D eigenvalue weighted by atomic mass is 9.82. The Morgan fingerprint density at radius 2 is 1.68 bits per heavy atom. The van der Waals surface area contributed by atoms with Crippen LogP contribution in [-0.2, 0) is 9.47 Å². The summed E-state index contributed by atoms with van der Waals surface area (Å²) in [5, 5.41) is 0. The van der Waals surface area contributed by atoms with Crippen molar-refractivity contribution in [2.24, 2.45) is 11.8 Å². The molecule has 1 saturated heterocycles. The minimum Gasteiger partial charge on any atom is -0.376 e. The van der Waals surface area contributed by atoms with Gasteiger partial charge in [-0.2, -0.15) is 0 Å². The highest BCUT2D eigenvalue weighted by Crippen LogP contribution is 2.30. The van der Waals surface area contributed by atoms with E-state index in [0.717, 1.165) is 45.2 Å². The monoisotopic (exact) mass is 354 g/mol. The van der Waals surface area contributed by atoms with Crippen LogP contribution in [0.25, 0.3) is 0 Å². The highest BCUT2D eigenvalue weighted by Gasteiger charge is 2.30. The molecule has 148 valence electrons. The molecule has 0 aromatic carbocycles. The van der Waals surface area contributed by atoms with Crippen molar-refractivity contribution in [3.63, 3.8) is 0 Å². The van der Waals surface area contributed by atoms with Gasteiger partial charge in [0, 0.05) is 25.7 Å². The average Bonchev–Trinajstić information content (AvgIpc) is 2.55. The lowest BCUT2D eigenvalue weighted by Crippen LogP contribution is -2.53. The van der Waals surface area contributed by atoms with E-state index in [9.17, 15) is 0 Å². The Morgan fingerprint density at radius 3 is 2.28 bits per heavy atom. The topological polar surface area (TPSA) is 24.9 Å². The van der Waals surface area contributed by atoms with Gasteiger partial charge in [0.2, 0.25) is 0 Å². The molecule has 4 heteroatoms. The summed E-state index contributed by atoms with van der Waals surface area (Å²) in [7, 11) is 0. The number of rotatable bonds is 8. The number of hydrogen-bond donors (Lipinski definition) is 0. The van der Waals surface area contributed by atoms with Crippen LogP contribution in [0, 0.1) is 11.8 Å². The van der Waals surface area contributed by atoms with Gasteiger partial charge in [0.1, 0.15) is 0 Å². The lowest BCUT2D eigenvalue weighted by molar-refractivity contribution is -0.0849. The molecule has 0 amide bonds. The van der Waals surface area contributed by atoms with Crippen LogP contribution >= 0.6 is 0 Å². The molecule has 0 bridgehead atoms. The van der Waals surface area contributed by atoms with Gasteiger partial charge in [-0.05, 0) is 51.6 Å². The molecule has 2 fully saturated rings. The molecule has 0 aromatic heterocycles. The molecule has 6 atom stereocenters. The van der Waals surface area contributed by atoms with E-state index in [4.69, 9.17) is 9.47 Å². The maximum atomic E-state index is 6.51. The molecule has 0 aromatic rings. The molecule has 4 nitrogen and oxygen atoms in total. The fraction of sp³-hybridized carbons (Fsp3) is 1.00. The first kappa shape index (κ1) is 21.1. The Hall–Kier alpha value is -0.160. The van der Waals surface area contributed by atoms with Gasteiger partial charge in [0.25, 0.3) is 0 Å². The average molecular weight is 355 g/mol. The molecule has 0 radical (unpaired) electrons. The van der Waals surface area contributed by atoms with E-state index in [1.54, 1.807) is 0 Å². The molecule has 1 aliphatic heterocycles. The summed E-state index contributed by atoms with van der Waals surface area (Å²) in [5.41, 5.74) is 0. The Kier molecular flexibility index (Phi) is 8.67. The molecule has 6 unspecified atom stereocenters. The van der Waals surface area contributed by atoms with Crippen LogP contribution in [0.4, 0.5) is 0 Å². The zero-order valence-corrected chi connectivity index (χ0v) is 17.5. The van der Waals surface area contributed by atoms with Crippen LogP contribution in [0.15, 0.2) is 0 Å². The van der Waals surface area contributed by atoms with Crippen LogP contribution in [0.2, 0.25) is 0 Å². The maximum absolute atomic E-state index is 6.51. The largest absolute Gasteiger partial charge is 0.376 e. The van der Waals surface area contributed by atoms with E-state index in [2.05, 4.69) is 51.3 Å². The second-order valence-electron chi connectivity index (χ2n) is 8.62. The van der Waals surface area contributed by atoms with Crippen LogP contribution in [-0.4, -0.2) is 73.5 Å². The smallest absolute Gasteiger partial charge is 0.0678 e. The molecule has 1 aliphatic carbocycles. The van der Waals surface area contributed by atoms with Crippen molar-refractivity contribution in [1.29, 1.82) is 0 Å². The zero-order chi connectivity index (χ0) is 18.4. The summed E-state index contributed by atoms with van der Waals surface area (Å²) in [5.74, 6) is 1.52. The van der Waals surface area contributed by atoms with Crippen molar-refractivity contribution >= 4 is 0 Å². The molecule has 1 heterocycles. The van der Waals surface area contributed by atoms with Crippen LogP contribution in [0.5, 0.6) is 0 Å². The SMILES string of the molecule is CCN(CC)C(COC1CC(C)CCC1C)CN1CC(C)OC(C)C1. The van der Waals surface area contributed by atoms with Crippen molar-refractivity contribution in [3.05, 3.63) is 0 Å². The second kappa shape index (κ2) is 10.2. The van der Waals surface area contributed by atoms with Crippen molar-refractivity contribution in [2.45, 2.75) is 85.2 Å². The minimum absolute atomic E-state index is 0.334. The number of hydrogen-bond acceptors (Lipinski definition) is 4. The molecule has 25 heavy (non-hydrogen) atoms. The number of likely N-dealkylation sites (N-methyl/N-ethyl adjacent to an activating group) is 1. The maximum Gasteiger partial charge on any atom is 0.0678 e. The van der Waals surface area contributed by atoms with Gasteiger partial charge in [-0.15, -0.1) is 0 Å². The Morgan fingerprint density at radius 1 is 1.04 bits per heavy atom. The standard InChI is InChI=1S/C21H42N2O2/c1-7-23(8-2)20(14-22-12-18(5)25-19(6)13-22)15-24-21-11-16(3)9-10-17(21)4/h16-21H,7-15H2,1-6H3. The van der Waals surface area contributed by atoms with Crippen LogP contribution < -0.4 is 0 Å². The third-order valence-corrected chi connectivity index (χ3v) is 6.18. The summed E-state index contributed by atoms with van der Waals surface area (Å²) in [6, 6.07) is 0.483. The number of morpholine rings is 1. The zero-order valence-electron chi connectivity index (χ0n) is 17.5. The molecular weight excluding hydrogens is 312 g/mol. The van der Waals surface area contributed by atoms with Gasteiger partial charge < -0.3 is 9.47 Å². The van der Waals surface area contributed by atoms with Crippen molar-refractivity contribution in [1.82, 2.24) is 9.80 Å². The summed E-state index contributed by atoms with van der Waals surface area (Å²) < 4.78 is 12.4. The lowest BCUT2D eigenvalue weighted by Gasteiger charge is -2.41. The van der Waals surface area contributed by atoms with Crippen molar-refractivity contribution in [3.8, 4) is 0 Å². The number of ether oxygens (including phenoxy) is 2. The van der Waals surface area contributed by atoms with Crippen molar-refractivity contribution in [2.75, 3.05) is 39.3 Å². The second-order valence-corrected chi connectivity index (χ2v) is 8.62. The third-order valence-electron chi connectivity index (χ3n) is 6.18. The Balaban J connectivity index is 1.93. The van der Waals surface area contributed by atoms with E-state index in [0.29, 0.717) is 30.3 Å². The number of nitrogens with zero attached hydrogens (tertiary/aromatic N) is 2. The molecule has 1 saturated carbocycles. The summed E-state index contributed by atoms with van der Waals surface area (Å²) >= 11 is 0. The van der Waals surface area contributed by atoms with Gasteiger partial charge in [-0.3, -0.25) is 9.80 Å². The molecule has 0 spiro atoms. The van der Waals surface area contributed by atoms with Gasteiger partial charge in [0.15, 0.2) is 0 Å². The van der Waals surface area contributed by atoms with Gasteiger partial charge in [-0.1, -0.05) is 34.1 Å². The van der Waals surface area contributed by atoms with Crippen LogP contribution in [0.1, 0.15) is 60.8 Å². The van der Waals surface area contributed by atoms with Gasteiger partial charge in [0.05, 0.1) is 24.9 Å². The molecular formula is C21H42N2O2. The first-order chi connectivity index (χ1) is 11.9. The normalized spacial score (nSPS) is 35.9. The summed E-state index contributed by atoms with van der Waals surface area (Å²) in [6.07, 6.45) is 5.04. The predicted molar refractivity (Wildman–Crippen MR) is 105 cm³/mol. The van der Waals surface area contributed by atoms with Crippen LogP contribution in [0.3, 0.4) is 0 Å². The highest BCUT2D eigenvalue weighted by molar-refractivity contribution is 4.82. The highest BCUT2D eigenvalue weighted by atomic mass is 16.5. The first-order valence-corrected chi connectivity index (χ1v) is 10.7. The Bertz CT molecular complexity index is 365. The minimum atomic E-state index is 0.334. The van der Waals surface area contributed by atoms with E-state index in [1.165, 1.54) is 19.3 Å². The van der Waals surface area contributed by atoms with Crippen molar-refractivity contribution < 1.29 is 9.47 Å².